The van der Waals surface area contributed by atoms with E-state index in [9.17, 15) is 4.39 Å². The van der Waals surface area contributed by atoms with Crippen LogP contribution in [0.1, 0.15) is 11.1 Å². The van der Waals surface area contributed by atoms with Gasteiger partial charge in [0.2, 0.25) is 0 Å². The van der Waals surface area contributed by atoms with Crippen molar-refractivity contribution in [1.29, 1.82) is 0 Å². The normalized spacial score (nSPS) is 10.3. The highest BCUT2D eigenvalue weighted by Gasteiger charge is 2.07. The van der Waals surface area contributed by atoms with Crippen LogP contribution in [-0.2, 0) is 6.61 Å². The number of benzene rings is 2. The number of hydrogen-bond donors (Lipinski definition) is 1. The van der Waals surface area contributed by atoms with E-state index >= 15 is 0 Å². The summed E-state index contributed by atoms with van der Waals surface area (Å²) in [6.07, 6.45) is 0. The van der Waals surface area contributed by atoms with Gasteiger partial charge in [-0.05, 0) is 36.2 Å². The Balaban J connectivity index is 2.10. The smallest absolute Gasteiger partial charge is 0.167 e. The van der Waals surface area contributed by atoms with Crippen molar-refractivity contribution < 1.29 is 13.9 Å². The number of nitrogens with two attached hydrogens (primary N) is 1. The van der Waals surface area contributed by atoms with E-state index in [1.165, 1.54) is 0 Å². The van der Waals surface area contributed by atoms with Crippen molar-refractivity contribution in [2.75, 3.05) is 12.8 Å². The van der Waals surface area contributed by atoms with Crippen LogP contribution in [-0.4, -0.2) is 7.11 Å². The van der Waals surface area contributed by atoms with Crippen molar-refractivity contribution in [3.63, 3.8) is 0 Å². The molecule has 0 fully saturated rings. The lowest BCUT2D eigenvalue weighted by atomic mass is 10.2. The van der Waals surface area contributed by atoms with E-state index in [0.29, 0.717) is 17.0 Å². The number of hydrogen-bond acceptors (Lipinski definition) is 3. The van der Waals surface area contributed by atoms with Crippen molar-refractivity contribution in [2.45, 2.75) is 13.5 Å². The van der Waals surface area contributed by atoms with Crippen molar-refractivity contribution in [3.05, 3.63) is 53.3 Å². The van der Waals surface area contributed by atoms with Crippen LogP contribution in [0.15, 0.2) is 36.4 Å². The van der Waals surface area contributed by atoms with Crippen molar-refractivity contribution in [3.8, 4) is 11.5 Å². The molecule has 2 N–H and O–H groups in total. The van der Waals surface area contributed by atoms with Crippen LogP contribution in [0.25, 0.3) is 0 Å². The third kappa shape index (κ3) is 2.96. The molecule has 0 unspecified atom stereocenters. The SMILES string of the molecule is COc1ccc(COc2cccc(C)c2F)cc1N. The Bertz CT molecular complexity index is 584. The molecule has 0 radical (unpaired) electrons. The molecule has 2 aromatic rings. The molecule has 0 amide bonds. The van der Waals surface area contributed by atoms with Crippen LogP contribution in [0.3, 0.4) is 0 Å². The van der Waals surface area contributed by atoms with E-state index in [0.717, 1.165) is 5.56 Å². The number of aryl methyl sites for hydroxylation is 1. The number of halogens is 1. The molecule has 0 bridgehead atoms. The molecule has 2 rings (SSSR count). The van der Waals surface area contributed by atoms with E-state index in [2.05, 4.69) is 0 Å². The molecule has 0 aromatic heterocycles. The van der Waals surface area contributed by atoms with Crippen LogP contribution in [0.2, 0.25) is 0 Å². The fraction of sp³-hybridized carbons (Fsp3) is 0.200. The van der Waals surface area contributed by atoms with Crippen LogP contribution >= 0.6 is 0 Å². The third-order valence-electron chi connectivity index (χ3n) is 2.84. The van der Waals surface area contributed by atoms with E-state index in [4.69, 9.17) is 15.2 Å². The first-order valence-corrected chi connectivity index (χ1v) is 5.92. The highest BCUT2D eigenvalue weighted by Crippen LogP contribution is 2.24. The van der Waals surface area contributed by atoms with Gasteiger partial charge in [-0.25, -0.2) is 4.39 Å². The van der Waals surface area contributed by atoms with Gasteiger partial charge in [-0.1, -0.05) is 18.2 Å². The maximum Gasteiger partial charge on any atom is 0.167 e. The summed E-state index contributed by atoms with van der Waals surface area (Å²) in [6.45, 7) is 1.96. The van der Waals surface area contributed by atoms with Gasteiger partial charge in [0.05, 0.1) is 12.8 Å². The lowest BCUT2D eigenvalue weighted by Crippen LogP contribution is -2.00. The molecule has 0 aliphatic rings. The van der Waals surface area contributed by atoms with Gasteiger partial charge in [-0.3, -0.25) is 0 Å². The number of nitrogen functional groups attached to an aromatic ring is 1. The Hall–Kier alpha value is -2.23. The van der Waals surface area contributed by atoms with Crippen LogP contribution in [0, 0.1) is 12.7 Å². The zero-order chi connectivity index (χ0) is 13.8. The van der Waals surface area contributed by atoms with Crippen molar-refractivity contribution in [2.24, 2.45) is 0 Å². The van der Waals surface area contributed by atoms with Gasteiger partial charge >= 0.3 is 0 Å². The summed E-state index contributed by atoms with van der Waals surface area (Å²) >= 11 is 0. The maximum atomic E-state index is 13.7. The Labute approximate surface area is 111 Å². The molecule has 0 saturated carbocycles. The average Bonchev–Trinajstić information content (AvgIpc) is 2.40. The molecule has 0 saturated heterocycles. The zero-order valence-electron chi connectivity index (χ0n) is 10.9. The Morgan fingerprint density at radius 2 is 1.95 bits per heavy atom. The summed E-state index contributed by atoms with van der Waals surface area (Å²) in [5, 5.41) is 0. The summed E-state index contributed by atoms with van der Waals surface area (Å²) in [5.74, 6) is 0.531. The van der Waals surface area contributed by atoms with Gasteiger partial charge in [0, 0.05) is 0 Å². The first-order chi connectivity index (χ1) is 9.11. The average molecular weight is 261 g/mol. The second-order valence-electron chi connectivity index (χ2n) is 4.25. The minimum absolute atomic E-state index is 0.245. The molecule has 19 heavy (non-hydrogen) atoms. The summed E-state index contributed by atoms with van der Waals surface area (Å²) in [7, 11) is 1.56. The highest BCUT2D eigenvalue weighted by atomic mass is 19.1. The predicted molar refractivity (Wildman–Crippen MR) is 72.9 cm³/mol. The molecule has 0 atom stereocenters. The third-order valence-corrected chi connectivity index (χ3v) is 2.84. The first kappa shape index (κ1) is 13.2. The standard InChI is InChI=1S/C15H16FNO2/c1-10-4-3-5-14(15(10)16)19-9-11-6-7-13(18-2)12(17)8-11/h3-8H,9,17H2,1-2H3. The van der Waals surface area contributed by atoms with Crippen LogP contribution in [0.5, 0.6) is 11.5 Å². The zero-order valence-corrected chi connectivity index (χ0v) is 10.9. The van der Waals surface area contributed by atoms with E-state index in [1.807, 2.05) is 6.07 Å². The summed E-state index contributed by atoms with van der Waals surface area (Å²) in [6, 6.07) is 10.4. The number of ether oxygens (including phenoxy) is 2. The molecule has 4 heteroatoms. The lowest BCUT2D eigenvalue weighted by Gasteiger charge is -2.10. The Morgan fingerprint density at radius 3 is 2.63 bits per heavy atom. The molecular formula is C15H16FNO2. The second-order valence-corrected chi connectivity index (χ2v) is 4.25. The second kappa shape index (κ2) is 5.61. The summed E-state index contributed by atoms with van der Waals surface area (Å²) in [5.41, 5.74) is 7.76. The van der Waals surface area contributed by atoms with Gasteiger partial charge in [-0.2, -0.15) is 0 Å². The molecule has 0 heterocycles. The van der Waals surface area contributed by atoms with Crippen LogP contribution < -0.4 is 15.2 Å². The molecule has 0 aliphatic carbocycles. The monoisotopic (exact) mass is 261 g/mol. The lowest BCUT2D eigenvalue weighted by molar-refractivity contribution is 0.289. The molecule has 0 spiro atoms. The highest BCUT2D eigenvalue weighted by molar-refractivity contribution is 5.54. The van der Waals surface area contributed by atoms with Crippen molar-refractivity contribution >= 4 is 5.69 Å². The van der Waals surface area contributed by atoms with Gasteiger partial charge in [0.25, 0.3) is 0 Å². The molecular weight excluding hydrogens is 245 g/mol. The fourth-order valence-corrected chi connectivity index (χ4v) is 1.77. The van der Waals surface area contributed by atoms with E-state index in [1.54, 1.807) is 44.4 Å². The maximum absolute atomic E-state index is 13.7. The van der Waals surface area contributed by atoms with Crippen molar-refractivity contribution in [1.82, 2.24) is 0 Å². The minimum atomic E-state index is -0.330. The fourth-order valence-electron chi connectivity index (χ4n) is 1.77. The quantitative estimate of drug-likeness (QED) is 0.859. The van der Waals surface area contributed by atoms with Crippen LogP contribution in [0.4, 0.5) is 10.1 Å². The molecule has 100 valence electrons. The first-order valence-electron chi connectivity index (χ1n) is 5.92. The molecule has 3 nitrogen and oxygen atoms in total. The number of methoxy groups -OCH3 is 1. The van der Waals surface area contributed by atoms with E-state index < -0.39 is 0 Å². The predicted octanol–water partition coefficient (Wildman–Crippen LogP) is 3.30. The molecule has 0 aliphatic heterocycles. The van der Waals surface area contributed by atoms with Gasteiger partial charge in [-0.15, -0.1) is 0 Å². The molecule has 2 aromatic carbocycles. The minimum Gasteiger partial charge on any atom is -0.495 e. The van der Waals surface area contributed by atoms with Gasteiger partial charge in [0.15, 0.2) is 11.6 Å². The summed E-state index contributed by atoms with van der Waals surface area (Å²) in [4.78, 5) is 0. The van der Waals surface area contributed by atoms with E-state index in [-0.39, 0.29) is 18.2 Å². The number of anilines is 1. The summed E-state index contributed by atoms with van der Waals surface area (Å²) < 4.78 is 24.3. The van der Waals surface area contributed by atoms with Gasteiger partial charge < -0.3 is 15.2 Å². The number of rotatable bonds is 4. The topological polar surface area (TPSA) is 44.5 Å². The Kier molecular flexibility index (Phi) is 3.90. The van der Waals surface area contributed by atoms with Gasteiger partial charge in [0.1, 0.15) is 12.4 Å². The largest absolute Gasteiger partial charge is 0.495 e. The Morgan fingerprint density at radius 1 is 1.16 bits per heavy atom.